The predicted molar refractivity (Wildman–Crippen MR) is 81.4 cm³/mol. The van der Waals surface area contributed by atoms with Crippen LogP contribution < -0.4 is 10.1 Å². The highest BCUT2D eigenvalue weighted by Gasteiger charge is 2.36. The Morgan fingerprint density at radius 1 is 1.30 bits per heavy atom. The van der Waals surface area contributed by atoms with E-state index >= 15 is 0 Å². The number of hydrogen-bond donors (Lipinski definition) is 2. The molecule has 1 fully saturated rings. The van der Waals surface area contributed by atoms with Gasteiger partial charge >= 0.3 is 5.97 Å². The van der Waals surface area contributed by atoms with Gasteiger partial charge < -0.3 is 15.2 Å². The minimum absolute atomic E-state index is 0.0375. The molecule has 1 aromatic carbocycles. The van der Waals surface area contributed by atoms with Gasteiger partial charge in [0, 0.05) is 0 Å². The summed E-state index contributed by atoms with van der Waals surface area (Å²) in [5.74, 6) is -2.63. The van der Waals surface area contributed by atoms with E-state index < -0.39 is 28.6 Å². The van der Waals surface area contributed by atoms with Crippen molar-refractivity contribution >= 4 is 23.3 Å². The molecule has 0 spiro atoms. The molecular formula is C15H18N2O6. The first-order chi connectivity index (χ1) is 10.9. The Kier molecular flexibility index (Phi) is 5.15. The number of hydrogen-bond acceptors (Lipinski definition) is 5. The maximum absolute atomic E-state index is 12.4. The van der Waals surface area contributed by atoms with Crippen LogP contribution in [0.4, 0.5) is 11.4 Å². The largest absolute Gasteiger partial charge is 0.496 e. The van der Waals surface area contributed by atoms with Gasteiger partial charge in [0.1, 0.15) is 11.4 Å². The average Bonchev–Trinajstić information content (AvgIpc) is 2.54. The highest BCUT2D eigenvalue weighted by Crippen LogP contribution is 2.33. The topological polar surface area (TPSA) is 119 Å². The summed E-state index contributed by atoms with van der Waals surface area (Å²) in [7, 11) is 1.39. The second-order valence-corrected chi connectivity index (χ2v) is 5.47. The van der Waals surface area contributed by atoms with Crippen molar-refractivity contribution in [3.8, 4) is 5.75 Å². The monoisotopic (exact) mass is 322 g/mol. The maximum atomic E-state index is 12.4. The zero-order chi connectivity index (χ0) is 17.0. The Morgan fingerprint density at radius 3 is 2.52 bits per heavy atom. The molecule has 0 saturated heterocycles. The molecule has 2 N–H and O–H groups in total. The number of ether oxygens (including phenoxy) is 1. The van der Waals surface area contributed by atoms with Gasteiger partial charge in [0.2, 0.25) is 5.91 Å². The number of carbonyl (C=O) groups excluding carboxylic acids is 1. The van der Waals surface area contributed by atoms with Crippen LogP contribution in [0.25, 0.3) is 0 Å². The summed E-state index contributed by atoms with van der Waals surface area (Å²) in [4.78, 5) is 34.2. The summed E-state index contributed by atoms with van der Waals surface area (Å²) < 4.78 is 4.93. The van der Waals surface area contributed by atoms with E-state index in [1.165, 1.54) is 25.3 Å². The zero-order valence-electron chi connectivity index (χ0n) is 12.7. The number of carbonyl (C=O) groups is 2. The molecule has 2 rings (SSSR count). The number of carboxylic acids is 1. The van der Waals surface area contributed by atoms with E-state index in [-0.39, 0.29) is 11.4 Å². The third-order valence-electron chi connectivity index (χ3n) is 4.08. The van der Waals surface area contributed by atoms with Crippen molar-refractivity contribution in [2.45, 2.75) is 25.7 Å². The molecule has 0 bridgehead atoms. The van der Waals surface area contributed by atoms with E-state index in [0.29, 0.717) is 18.6 Å². The van der Waals surface area contributed by atoms with E-state index in [2.05, 4.69) is 5.32 Å². The van der Waals surface area contributed by atoms with Gasteiger partial charge in [-0.2, -0.15) is 0 Å². The molecule has 0 aliphatic heterocycles. The number of nitrogens with one attached hydrogen (secondary N) is 1. The van der Waals surface area contributed by atoms with Crippen molar-refractivity contribution in [2.24, 2.45) is 11.8 Å². The minimum atomic E-state index is -1.01. The number of methoxy groups -OCH3 is 1. The van der Waals surface area contributed by atoms with Gasteiger partial charge in [-0.3, -0.25) is 19.7 Å². The van der Waals surface area contributed by atoms with Gasteiger partial charge in [0.05, 0.1) is 29.9 Å². The molecule has 1 aliphatic rings. The molecule has 23 heavy (non-hydrogen) atoms. The third-order valence-corrected chi connectivity index (χ3v) is 4.08. The number of amides is 1. The number of nitrogens with zero attached hydrogens (tertiary/aromatic N) is 1. The zero-order valence-corrected chi connectivity index (χ0v) is 12.7. The van der Waals surface area contributed by atoms with Crippen LogP contribution in [0, 0.1) is 22.0 Å². The number of rotatable bonds is 5. The van der Waals surface area contributed by atoms with E-state index in [0.717, 1.165) is 12.8 Å². The van der Waals surface area contributed by atoms with E-state index in [9.17, 15) is 24.8 Å². The van der Waals surface area contributed by atoms with Gasteiger partial charge in [-0.05, 0) is 25.0 Å². The molecule has 2 unspecified atom stereocenters. The maximum Gasteiger partial charge on any atom is 0.307 e. The Morgan fingerprint density at radius 2 is 1.96 bits per heavy atom. The molecule has 1 amide bonds. The fourth-order valence-electron chi connectivity index (χ4n) is 2.86. The van der Waals surface area contributed by atoms with Gasteiger partial charge in [-0.15, -0.1) is 0 Å². The molecule has 124 valence electrons. The molecule has 0 radical (unpaired) electrons. The summed E-state index contributed by atoms with van der Waals surface area (Å²) in [6.07, 6.45) is 2.45. The molecule has 1 saturated carbocycles. The van der Waals surface area contributed by atoms with Crippen LogP contribution in [0.2, 0.25) is 0 Å². The Balaban J connectivity index is 2.22. The number of aliphatic carboxylic acids is 1. The molecule has 0 heterocycles. The lowest BCUT2D eigenvalue weighted by molar-refractivity contribution is -0.384. The Labute approximate surface area is 132 Å². The minimum Gasteiger partial charge on any atom is -0.496 e. The molecule has 1 aliphatic carbocycles. The summed E-state index contributed by atoms with van der Waals surface area (Å²) in [6, 6.07) is 4.09. The van der Waals surface area contributed by atoms with Crippen LogP contribution in [0.15, 0.2) is 18.2 Å². The number of anilines is 1. The molecule has 0 aromatic heterocycles. The average molecular weight is 322 g/mol. The van der Waals surface area contributed by atoms with Crippen LogP contribution in [0.1, 0.15) is 25.7 Å². The lowest BCUT2D eigenvalue weighted by atomic mass is 9.78. The lowest BCUT2D eigenvalue weighted by Gasteiger charge is -2.27. The van der Waals surface area contributed by atoms with Crippen LogP contribution in [-0.2, 0) is 9.59 Å². The van der Waals surface area contributed by atoms with E-state index in [1.807, 2.05) is 0 Å². The lowest BCUT2D eigenvalue weighted by Crippen LogP contribution is -2.36. The number of carboxylic acid groups (broad SMARTS) is 1. The predicted octanol–water partition coefficient (Wildman–Crippen LogP) is 2.43. The number of nitro benzene ring substituents is 1. The standard InChI is InChI=1S/C15H18N2O6/c1-23-9-6-7-12(13(8-9)17(21)22)16-14(18)10-4-2-3-5-11(10)15(19)20/h6-8,10-11H,2-5H2,1H3,(H,16,18)(H,19,20). The van der Waals surface area contributed by atoms with Crippen molar-refractivity contribution in [2.75, 3.05) is 12.4 Å². The van der Waals surface area contributed by atoms with Gasteiger partial charge in [-0.1, -0.05) is 12.8 Å². The summed E-state index contributed by atoms with van der Waals surface area (Å²) >= 11 is 0. The summed E-state index contributed by atoms with van der Waals surface area (Å²) in [5, 5.41) is 22.9. The van der Waals surface area contributed by atoms with Crippen LogP contribution in [0.3, 0.4) is 0 Å². The quantitative estimate of drug-likeness (QED) is 0.635. The number of nitro groups is 1. The third kappa shape index (κ3) is 3.77. The van der Waals surface area contributed by atoms with E-state index in [4.69, 9.17) is 4.74 Å². The van der Waals surface area contributed by atoms with E-state index in [1.54, 1.807) is 0 Å². The first-order valence-corrected chi connectivity index (χ1v) is 7.30. The van der Waals surface area contributed by atoms with Crippen molar-refractivity contribution in [1.82, 2.24) is 0 Å². The second kappa shape index (κ2) is 7.08. The highest BCUT2D eigenvalue weighted by atomic mass is 16.6. The fourth-order valence-corrected chi connectivity index (χ4v) is 2.86. The van der Waals surface area contributed by atoms with Crippen molar-refractivity contribution in [3.05, 3.63) is 28.3 Å². The van der Waals surface area contributed by atoms with Gasteiger partial charge in [0.15, 0.2) is 0 Å². The summed E-state index contributed by atoms with van der Waals surface area (Å²) in [6.45, 7) is 0. The molecule has 8 nitrogen and oxygen atoms in total. The van der Waals surface area contributed by atoms with Crippen LogP contribution in [-0.4, -0.2) is 29.0 Å². The number of benzene rings is 1. The smallest absolute Gasteiger partial charge is 0.307 e. The first-order valence-electron chi connectivity index (χ1n) is 7.30. The highest BCUT2D eigenvalue weighted by molar-refractivity contribution is 5.97. The molecule has 8 heteroatoms. The van der Waals surface area contributed by atoms with Crippen molar-refractivity contribution in [1.29, 1.82) is 0 Å². The van der Waals surface area contributed by atoms with Crippen LogP contribution >= 0.6 is 0 Å². The van der Waals surface area contributed by atoms with Crippen molar-refractivity contribution in [3.63, 3.8) is 0 Å². The Hall–Kier alpha value is -2.64. The molecular weight excluding hydrogens is 304 g/mol. The fraction of sp³-hybridized carbons (Fsp3) is 0.467. The SMILES string of the molecule is COc1ccc(NC(=O)C2CCCCC2C(=O)O)c([N+](=O)[O-])c1. The first kappa shape index (κ1) is 16.7. The molecule has 2 atom stereocenters. The normalized spacial score (nSPS) is 20.6. The van der Waals surface area contributed by atoms with Crippen molar-refractivity contribution < 1.29 is 24.4 Å². The van der Waals surface area contributed by atoms with Gasteiger partial charge in [0.25, 0.3) is 5.69 Å². The second-order valence-electron chi connectivity index (χ2n) is 5.47. The molecule has 1 aromatic rings. The van der Waals surface area contributed by atoms with Gasteiger partial charge in [-0.25, -0.2) is 0 Å². The summed E-state index contributed by atoms with van der Waals surface area (Å²) in [5.41, 5.74) is -0.254. The Bertz CT molecular complexity index is 630. The van der Waals surface area contributed by atoms with Crippen LogP contribution in [0.5, 0.6) is 5.75 Å².